The molecule has 0 aliphatic heterocycles. The minimum atomic E-state index is 0. The third kappa shape index (κ3) is 3.42. The van der Waals surface area contributed by atoms with Gasteiger partial charge in [0.15, 0.2) is 0 Å². The number of rotatable bonds is 5. The summed E-state index contributed by atoms with van der Waals surface area (Å²) in [6.45, 7) is 9.25. The molecule has 0 amide bonds. The molecule has 0 unspecified atom stereocenters. The van der Waals surface area contributed by atoms with Gasteiger partial charge in [-0.25, -0.2) is 4.98 Å². The van der Waals surface area contributed by atoms with Crippen molar-refractivity contribution in [1.82, 2.24) is 9.55 Å². The number of pyridine rings is 1. The summed E-state index contributed by atoms with van der Waals surface area (Å²) in [4.78, 5) is 4.43. The lowest BCUT2D eigenvalue weighted by molar-refractivity contribution is 0.296. The molecule has 0 radical (unpaired) electrons. The largest absolute Gasteiger partial charge is 0.471 e. The fourth-order valence-electron chi connectivity index (χ4n) is 2.80. The molecule has 0 fully saturated rings. The highest BCUT2D eigenvalue weighted by Gasteiger charge is 2.15. The van der Waals surface area contributed by atoms with Crippen molar-refractivity contribution in [2.45, 2.75) is 27.0 Å². The highest BCUT2D eigenvalue weighted by Crippen LogP contribution is 2.31. The molecule has 0 saturated heterocycles. The summed E-state index contributed by atoms with van der Waals surface area (Å²) in [5.41, 5.74) is 4.49. The third-order valence-electron chi connectivity index (χ3n) is 4.09. The maximum Gasteiger partial charge on any atom is 0.238 e. The van der Waals surface area contributed by atoms with Crippen molar-refractivity contribution in [2.75, 3.05) is 0 Å². The van der Waals surface area contributed by atoms with Crippen LogP contribution in [0.15, 0.2) is 49.2 Å². The van der Waals surface area contributed by atoms with Gasteiger partial charge in [0.1, 0.15) is 12.1 Å². The quantitative estimate of drug-likeness (QED) is 0.560. The van der Waals surface area contributed by atoms with Crippen LogP contribution in [0.25, 0.3) is 10.9 Å². The van der Waals surface area contributed by atoms with E-state index < -0.39 is 0 Å². The van der Waals surface area contributed by atoms with Gasteiger partial charge in [-0.2, -0.15) is 0 Å². The smallest absolute Gasteiger partial charge is 0.238 e. The maximum atomic E-state index is 6.03. The van der Waals surface area contributed by atoms with Crippen LogP contribution in [0, 0.1) is 13.8 Å². The zero-order valence-corrected chi connectivity index (χ0v) is 15.3. The van der Waals surface area contributed by atoms with Crippen LogP contribution in [0.2, 0.25) is 5.02 Å². The number of ether oxygens (including phenoxy) is 1. The number of nitrogens with zero attached hydrogens (tertiary/aromatic N) is 2. The predicted octanol–water partition coefficient (Wildman–Crippen LogP) is 5.49. The molecule has 24 heavy (non-hydrogen) atoms. The molecule has 0 saturated carbocycles. The van der Waals surface area contributed by atoms with E-state index in [0.29, 0.717) is 17.5 Å². The zero-order valence-electron chi connectivity index (χ0n) is 13.8. The van der Waals surface area contributed by atoms with E-state index in [4.69, 9.17) is 16.3 Å². The lowest BCUT2D eigenvalue weighted by atomic mass is 10.2. The van der Waals surface area contributed by atoms with Gasteiger partial charge in [-0.05, 0) is 43.2 Å². The Morgan fingerprint density at radius 3 is 2.79 bits per heavy atom. The van der Waals surface area contributed by atoms with E-state index in [1.165, 1.54) is 16.6 Å². The Kier molecular flexibility index (Phi) is 5.92. The van der Waals surface area contributed by atoms with E-state index in [9.17, 15) is 0 Å². The molecule has 3 nitrogen and oxygen atoms in total. The van der Waals surface area contributed by atoms with Gasteiger partial charge in [-0.1, -0.05) is 29.8 Å². The Bertz CT molecular complexity index is 871. The van der Waals surface area contributed by atoms with Crippen molar-refractivity contribution in [2.24, 2.45) is 0 Å². The third-order valence-corrected chi connectivity index (χ3v) is 4.32. The number of fused-ring (bicyclic) bond motifs is 1. The summed E-state index contributed by atoms with van der Waals surface area (Å²) in [7, 11) is 0. The minimum Gasteiger partial charge on any atom is -0.471 e. The molecule has 0 aliphatic rings. The van der Waals surface area contributed by atoms with Crippen LogP contribution in [0.4, 0.5) is 0 Å². The Labute approximate surface area is 153 Å². The van der Waals surface area contributed by atoms with Gasteiger partial charge >= 0.3 is 0 Å². The normalized spacial score (nSPS) is 10.5. The topological polar surface area (TPSA) is 27.1 Å². The van der Waals surface area contributed by atoms with Crippen LogP contribution in [0.1, 0.15) is 16.8 Å². The van der Waals surface area contributed by atoms with Crippen LogP contribution < -0.4 is 4.74 Å². The molecule has 5 heteroatoms. The number of aromatic nitrogens is 2. The van der Waals surface area contributed by atoms with Gasteiger partial charge in [0, 0.05) is 28.8 Å². The van der Waals surface area contributed by atoms with Crippen molar-refractivity contribution in [1.29, 1.82) is 0 Å². The molecule has 2 aromatic heterocycles. The number of allylic oxidation sites excluding steroid dienone is 1. The van der Waals surface area contributed by atoms with Crippen molar-refractivity contribution in [3.05, 3.63) is 71.0 Å². The summed E-state index contributed by atoms with van der Waals surface area (Å²) in [5, 5.41) is 1.87. The minimum absolute atomic E-state index is 0. The predicted molar refractivity (Wildman–Crippen MR) is 102 cm³/mol. The fraction of sp³-hybridized carbons (Fsp3) is 0.211. The molecule has 0 bridgehead atoms. The average molecular weight is 363 g/mol. The summed E-state index contributed by atoms with van der Waals surface area (Å²) in [6, 6.07) is 9.70. The molecule has 0 N–H and O–H groups in total. The van der Waals surface area contributed by atoms with Gasteiger partial charge in [0.05, 0.1) is 0 Å². The zero-order chi connectivity index (χ0) is 16.4. The number of halogens is 2. The maximum absolute atomic E-state index is 6.03. The summed E-state index contributed by atoms with van der Waals surface area (Å²) in [5.74, 6) is 0.639. The molecule has 0 aliphatic carbocycles. The number of benzene rings is 1. The van der Waals surface area contributed by atoms with Crippen molar-refractivity contribution >= 4 is 34.9 Å². The summed E-state index contributed by atoms with van der Waals surface area (Å²) < 4.78 is 8.18. The first-order chi connectivity index (χ1) is 11.1. The lowest BCUT2D eigenvalue weighted by Gasteiger charge is -2.10. The van der Waals surface area contributed by atoms with Crippen molar-refractivity contribution in [3.8, 4) is 5.88 Å². The monoisotopic (exact) mass is 362 g/mol. The number of hydrogen-bond donors (Lipinski definition) is 0. The molecule has 126 valence electrons. The van der Waals surface area contributed by atoms with Gasteiger partial charge in [-0.15, -0.1) is 19.0 Å². The first-order valence-electron chi connectivity index (χ1n) is 7.54. The van der Waals surface area contributed by atoms with Gasteiger partial charge in [-0.3, -0.25) is 0 Å². The fourth-order valence-corrected chi connectivity index (χ4v) is 3.02. The average Bonchev–Trinajstić information content (AvgIpc) is 2.79. The molecule has 3 rings (SSSR count). The first-order valence-corrected chi connectivity index (χ1v) is 7.92. The highest BCUT2D eigenvalue weighted by atomic mass is 35.5. The second-order valence-electron chi connectivity index (χ2n) is 5.54. The first kappa shape index (κ1) is 18.4. The Balaban J connectivity index is 0.00000208. The lowest BCUT2D eigenvalue weighted by Crippen LogP contribution is -2.02. The SMILES string of the molecule is C=CCn1c(C)c(C)c2ccnc(OCc3cccc(Cl)c3)c21.Cl. The van der Waals surface area contributed by atoms with E-state index in [-0.39, 0.29) is 12.4 Å². The van der Waals surface area contributed by atoms with Crippen molar-refractivity contribution < 1.29 is 4.74 Å². The second-order valence-corrected chi connectivity index (χ2v) is 5.98. The van der Waals surface area contributed by atoms with Crippen LogP contribution in [0.3, 0.4) is 0 Å². The number of aryl methyl sites for hydroxylation is 1. The van der Waals surface area contributed by atoms with Crippen LogP contribution in [-0.2, 0) is 13.2 Å². The van der Waals surface area contributed by atoms with Crippen molar-refractivity contribution in [3.63, 3.8) is 0 Å². The Morgan fingerprint density at radius 1 is 1.29 bits per heavy atom. The van der Waals surface area contributed by atoms with E-state index in [1.807, 2.05) is 36.4 Å². The van der Waals surface area contributed by atoms with E-state index in [1.54, 1.807) is 6.20 Å². The summed E-state index contributed by atoms with van der Waals surface area (Å²) in [6.07, 6.45) is 3.68. The number of hydrogen-bond acceptors (Lipinski definition) is 2. The standard InChI is InChI=1S/C19H19ClN2O.ClH/c1-4-10-22-14(3)13(2)17-8-9-21-19(18(17)22)23-12-15-6-5-7-16(20)11-15;/h4-9,11H,1,10,12H2,2-3H3;1H. The molecule has 2 heterocycles. The molecule has 0 atom stereocenters. The van der Waals surface area contributed by atoms with Crippen LogP contribution in [-0.4, -0.2) is 9.55 Å². The van der Waals surface area contributed by atoms with Gasteiger partial charge in [0.2, 0.25) is 5.88 Å². The van der Waals surface area contributed by atoms with Crippen LogP contribution >= 0.6 is 24.0 Å². The molecule has 3 aromatic rings. The Hall–Kier alpha value is -1.97. The molecular weight excluding hydrogens is 343 g/mol. The Morgan fingerprint density at radius 2 is 2.08 bits per heavy atom. The molecule has 0 spiro atoms. The van der Waals surface area contributed by atoms with Crippen LogP contribution in [0.5, 0.6) is 5.88 Å². The molecule has 1 aromatic carbocycles. The van der Waals surface area contributed by atoms with Gasteiger partial charge < -0.3 is 9.30 Å². The second kappa shape index (κ2) is 7.73. The van der Waals surface area contributed by atoms with Gasteiger partial charge in [0.25, 0.3) is 0 Å². The van der Waals surface area contributed by atoms with E-state index in [2.05, 4.69) is 30.0 Å². The highest BCUT2D eigenvalue weighted by molar-refractivity contribution is 6.30. The summed E-state index contributed by atoms with van der Waals surface area (Å²) >= 11 is 6.03. The van der Waals surface area contributed by atoms with E-state index in [0.717, 1.165) is 17.6 Å². The van der Waals surface area contributed by atoms with E-state index >= 15 is 0 Å². The molecular formula is C19H20Cl2N2O.